The second-order valence-electron chi connectivity index (χ2n) is 18.7. The summed E-state index contributed by atoms with van der Waals surface area (Å²) >= 11 is -3.63. The molecule has 6 nitrogen and oxygen atoms in total. The van der Waals surface area contributed by atoms with E-state index in [0.717, 1.165) is 79.0 Å². The first kappa shape index (κ1) is 45.6. The van der Waals surface area contributed by atoms with Crippen molar-refractivity contribution in [3.8, 4) is 56.6 Å². The summed E-state index contributed by atoms with van der Waals surface area (Å²) in [4.78, 5) is 0. The van der Waals surface area contributed by atoms with E-state index in [2.05, 4.69) is 27.7 Å². The van der Waals surface area contributed by atoms with Gasteiger partial charge in [-0.05, 0) is 0 Å². The molecular formula is C58H50F4GeN2O4. The Morgan fingerprint density at radius 1 is 0.435 bits per heavy atom. The average molecular weight is 988 g/mol. The van der Waals surface area contributed by atoms with Crippen LogP contribution in [0.3, 0.4) is 0 Å². The van der Waals surface area contributed by atoms with Crippen molar-refractivity contribution in [3.05, 3.63) is 180 Å². The van der Waals surface area contributed by atoms with Crippen LogP contribution in [0, 0.1) is 37.1 Å². The Morgan fingerprint density at radius 3 is 1.06 bits per heavy atom. The predicted molar refractivity (Wildman–Crippen MR) is 272 cm³/mol. The van der Waals surface area contributed by atoms with Crippen LogP contribution in [0.4, 0.5) is 17.6 Å². The van der Waals surface area contributed by atoms with Crippen molar-refractivity contribution in [2.24, 2.45) is 0 Å². The topological polar surface area (TPSA) is 68.8 Å². The number of aryl methyl sites for hydroxylation is 2. The summed E-state index contributed by atoms with van der Waals surface area (Å²) in [7, 11) is 0. The van der Waals surface area contributed by atoms with E-state index in [1.54, 1.807) is 12.1 Å². The number of phenolic OH excluding ortho intramolecular Hbond substituents is 2. The molecule has 348 valence electrons. The van der Waals surface area contributed by atoms with Gasteiger partial charge in [0.05, 0.1) is 0 Å². The number of phenols is 2. The third-order valence-electron chi connectivity index (χ3n) is 14.0. The summed E-state index contributed by atoms with van der Waals surface area (Å²) in [6.07, 6.45) is 0. The monoisotopic (exact) mass is 988 g/mol. The van der Waals surface area contributed by atoms with Gasteiger partial charge in [-0.15, -0.1) is 0 Å². The first-order valence-corrected chi connectivity index (χ1v) is 28.4. The van der Waals surface area contributed by atoms with E-state index in [1.807, 2.05) is 132 Å². The SMILES string of the molecule is Cc1cc(-c2cc(F)c(F)cc2O[CH2][Ge]([CH2]Oc2cc(F)c(F)cc2-c2cc(C)cc(-n3c4ccccc4c4ccccc43)c2O)([CH](C)C)[CH](C)C)c(O)c(-n2c3ccccc3c3ccccc32)c1. The molecule has 0 saturated carbocycles. The maximum absolute atomic E-state index is 15.4. The van der Waals surface area contributed by atoms with E-state index in [0.29, 0.717) is 11.4 Å². The standard InChI is InChI=1S/C58H50F4GeN2O4/c1-33(2)63(34(3)4,31-68-55-29-47(61)45(59)27-41(55)43-23-35(5)25-53(57(43)66)64-49-19-11-7-15-37(49)38-16-8-12-20-50(38)64)32-69-56-30-48(62)46(60)28-42(56)44-24-36(6)26-54(58(44)67)65-51-21-13-9-17-39(51)40-18-10-14-22-52(40)65/h7-30,33-34,66-67H,31-32H2,1-6H3. The third-order valence-corrected chi connectivity index (χ3v) is 26.5. The van der Waals surface area contributed by atoms with Gasteiger partial charge in [-0.2, -0.15) is 0 Å². The Morgan fingerprint density at radius 2 is 0.739 bits per heavy atom. The fraction of sp³-hybridized carbons (Fsp3) is 0.172. The molecule has 0 spiro atoms. The van der Waals surface area contributed by atoms with E-state index in [1.165, 1.54) is 0 Å². The Hall–Kier alpha value is -7.18. The second kappa shape index (κ2) is 17.7. The van der Waals surface area contributed by atoms with E-state index in [9.17, 15) is 10.2 Å². The molecule has 0 aliphatic rings. The van der Waals surface area contributed by atoms with Crippen LogP contribution >= 0.6 is 0 Å². The van der Waals surface area contributed by atoms with Gasteiger partial charge < -0.3 is 0 Å². The number of hydrogen-bond donors (Lipinski definition) is 2. The first-order valence-electron chi connectivity index (χ1n) is 23.1. The van der Waals surface area contributed by atoms with Crippen molar-refractivity contribution in [2.75, 3.05) is 10.9 Å². The van der Waals surface area contributed by atoms with E-state index < -0.39 is 36.5 Å². The number of benzene rings is 8. The van der Waals surface area contributed by atoms with Gasteiger partial charge in [0, 0.05) is 0 Å². The fourth-order valence-electron chi connectivity index (χ4n) is 10.2. The number of fused-ring (bicyclic) bond motifs is 6. The molecule has 10 rings (SSSR count). The zero-order valence-electron chi connectivity index (χ0n) is 39.0. The molecule has 2 N–H and O–H groups in total. The normalized spacial score (nSPS) is 12.1. The summed E-state index contributed by atoms with van der Waals surface area (Å²) in [5, 5.41) is 28.5. The quantitative estimate of drug-likeness (QED) is 0.0945. The molecule has 11 heteroatoms. The molecule has 0 amide bonds. The molecule has 0 saturated heterocycles. The molecule has 0 fully saturated rings. The number of ether oxygens (including phenoxy) is 2. The van der Waals surface area contributed by atoms with E-state index in [4.69, 9.17) is 9.47 Å². The van der Waals surface area contributed by atoms with Crippen LogP contribution in [-0.2, 0) is 0 Å². The Kier molecular flexibility index (Phi) is 11.7. The van der Waals surface area contributed by atoms with Gasteiger partial charge in [-0.3, -0.25) is 0 Å². The molecule has 10 aromatic rings. The molecule has 2 aromatic heterocycles. The summed E-state index contributed by atoms with van der Waals surface area (Å²) in [5.74, 6) is -4.64. The molecule has 69 heavy (non-hydrogen) atoms. The van der Waals surface area contributed by atoms with Crippen molar-refractivity contribution in [1.29, 1.82) is 0 Å². The number of halogens is 4. The number of hydrogen-bond acceptors (Lipinski definition) is 4. The van der Waals surface area contributed by atoms with Crippen molar-refractivity contribution in [1.82, 2.24) is 9.13 Å². The molecule has 0 radical (unpaired) electrons. The molecular weight excluding hydrogens is 937 g/mol. The number of nitrogens with zero attached hydrogens (tertiary/aromatic N) is 2. The van der Waals surface area contributed by atoms with Gasteiger partial charge in [-0.25, -0.2) is 0 Å². The number of rotatable bonds is 12. The van der Waals surface area contributed by atoms with Crippen LogP contribution in [0.2, 0.25) is 9.50 Å². The van der Waals surface area contributed by atoms with Crippen LogP contribution in [0.1, 0.15) is 38.8 Å². The Bertz CT molecular complexity index is 3310. The number of aromatic hydroxyl groups is 2. The van der Waals surface area contributed by atoms with Crippen molar-refractivity contribution < 1.29 is 37.2 Å². The van der Waals surface area contributed by atoms with Crippen LogP contribution < -0.4 is 9.47 Å². The van der Waals surface area contributed by atoms with Gasteiger partial charge in [0.1, 0.15) is 0 Å². The van der Waals surface area contributed by atoms with Crippen molar-refractivity contribution in [2.45, 2.75) is 51.0 Å². The second-order valence-corrected chi connectivity index (χ2v) is 30.0. The molecule has 0 atom stereocenters. The number of para-hydroxylation sites is 4. The Balaban J connectivity index is 1.03. The van der Waals surface area contributed by atoms with Crippen LogP contribution in [0.5, 0.6) is 23.0 Å². The molecule has 0 bridgehead atoms. The number of aromatic nitrogens is 2. The van der Waals surface area contributed by atoms with Gasteiger partial charge in [-0.1, -0.05) is 0 Å². The Labute approximate surface area is 400 Å². The maximum atomic E-state index is 15.4. The molecule has 0 unspecified atom stereocenters. The summed E-state index contributed by atoms with van der Waals surface area (Å²) in [6, 6.07) is 42.9. The van der Waals surface area contributed by atoms with Crippen LogP contribution in [-0.4, -0.2) is 43.5 Å². The van der Waals surface area contributed by atoms with Crippen molar-refractivity contribution >= 4 is 56.9 Å². The molecule has 8 aromatic carbocycles. The van der Waals surface area contributed by atoms with Gasteiger partial charge in [0.25, 0.3) is 0 Å². The molecule has 2 heterocycles. The molecule has 0 aliphatic heterocycles. The van der Waals surface area contributed by atoms with E-state index >= 15 is 17.6 Å². The zero-order chi connectivity index (χ0) is 48.5. The summed E-state index contributed by atoms with van der Waals surface area (Å²) in [6.45, 7) is 12.0. The van der Waals surface area contributed by atoms with Crippen LogP contribution in [0.25, 0.3) is 77.2 Å². The van der Waals surface area contributed by atoms with Gasteiger partial charge >= 0.3 is 402 Å². The predicted octanol–water partition coefficient (Wildman–Crippen LogP) is 15.6. The fourth-order valence-corrected chi connectivity index (χ4v) is 17.7. The third kappa shape index (κ3) is 7.75. The van der Waals surface area contributed by atoms with Crippen LogP contribution in [0.15, 0.2) is 146 Å². The zero-order valence-corrected chi connectivity index (χ0v) is 41.1. The first-order chi connectivity index (χ1) is 33.2. The summed E-state index contributed by atoms with van der Waals surface area (Å²) < 4.78 is 79.0. The average Bonchev–Trinajstić information content (AvgIpc) is 3.85. The van der Waals surface area contributed by atoms with Gasteiger partial charge in [0.2, 0.25) is 0 Å². The van der Waals surface area contributed by atoms with Crippen molar-refractivity contribution in [3.63, 3.8) is 0 Å². The minimum atomic E-state index is -3.63. The molecule has 0 aliphatic carbocycles. The van der Waals surface area contributed by atoms with E-state index in [-0.39, 0.29) is 65.6 Å². The van der Waals surface area contributed by atoms with Gasteiger partial charge in [0.15, 0.2) is 0 Å². The summed E-state index contributed by atoms with van der Waals surface area (Å²) in [5.41, 5.74) is 6.98. The minimum absolute atomic E-state index is 0.0102.